The topological polar surface area (TPSA) is 21.3 Å². The van der Waals surface area contributed by atoms with Crippen LogP contribution in [0.2, 0.25) is 0 Å². The van der Waals surface area contributed by atoms with Gasteiger partial charge in [0.15, 0.2) is 0 Å². The third kappa shape index (κ3) is 3.29. The van der Waals surface area contributed by atoms with E-state index in [9.17, 15) is 0 Å². The van der Waals surface area contributed by atoms with E-state index >= 15 is 0 Å². The van der Waals surface area contributed by atoms with Gasteiger partial charge in [0.25, 0.3) is 0 Å². The van der Waals surface area contributed by atoms with Crippen LogP contribution in [0.1, 0.15) is 29.7 Å². The Balaban J connectivity index is 1.76. The summed E-state index contributed by atoms with van der Waals surface area (Å²) in [6, 6.07) is 9.38. The first-order chi connectivity index (χ1) is 9.88. The molecule has 0 radical (unpaired) electrons. The lowest BCUT2D eigenvalue weighted by atomic mass is 10.1. The number of nitrogens with one attached hydrogen (secondary N) is 1. The fourth-order valence-electron chi connectivity index (χ4n) is 2.32. The van der Waals surface area contributed by atoms with Crippen molar-refractivity contribution >= 4 is 21.4 Å². The lowest BCUT2D eigenvalue weighted by molar-refractivity contribution is 0.126. The molecular weight excluding hydrogens is 266 g/mol. The lowest BCUT2D eigenvalue weighted by Gasteiger charge is -2.06. The monoisotopic (exact) mass is 287 g/mol. The number of rotatable bonds is 8. The van der Waals surface area contributed by atoms with Crippen LogP contribution in [0.25, 0.3) is 10.1 Å². The first-order valence-corrected chi connectivity index (χ1v) is 8.11. The minimum Gasteiger partial charge on any atom is -0.376 e. The van der Waals surface area contributed by atoms with Crippen molar-refractivity contribution in [2.24, 2.45) is 0 Å². The zero-order valence-electron chi connectivity index (χ0n) is 11.7. The summed E-state index contributed by atoms with van der Waals surface area (Å²) in [4.78, 5) is 1.43. The van der Waals surface area contributed by atoms with E-state index in [1.165, 1.54) is 33.4 Å². The SMILES string of the molecule is C=CCCOCc1c(CNC2CC2)sc2ccccc12. The van der Waals surface area contributed by atoms with Gasteiger partial charge in [0, 0.05) is 27.7 Å². The van der Waals surface area contributed by atoms with Crippen LogP contribution in [0.5, 0.6) is 0 Å². The molecule has 1 aliphatic rings. The maximum Gasteiger partial charge on any atom is 0.0734 e. The largest absolute Gasteiger partial charge is 0.376 e. The van der Waals surface area contributed by atoms with Crippen molar-refractivity contribution in [3.8, 4) is 0 Å². The highest BCUT2D eigenvalue weighted by molar-refractivity contribution is 7.19. The molecule has 106 valence electrons. The van der Waals surface area contributed by atoms with E-state index in [2.05, 4.69) is 36.2 Å². The van der Waals surface area contributed by atoms with Gasteiger partial charge in [-0.3, -0.25) is 0 Å². The molecule has 0 unspecified atom stereocenters. The zero-order chi connectivity index (χ0) is 13.8. The second-order valence-corrected chi connectivity index (χ2v) is 6.42. The minimum atomic E-state index is 0.708. The number of fused-ring (bicyclic) bond motifs is 1. The van der Waals surface area contributed by atoms with E-state index in [-0.39, 0.29) is 0 Å². The molecule has 1 N–H and O–H groups in total. The summed E-state index contributed by atoms with van der Waals surface area (Å²) in [5, 5.41) is 4.97. The molecule has 2 nitrogen and oxygen atoms in total. The summed E-state index contributed by atoms with van der Waals surface area (Å²) < 4.78 is 7.16. The fraction of sp³-hybridized carbons (Fsp3) is 0.412. The van der Waals surface area contributed by atoms with Gasteiger partial charge >= 0.3 is 0 Å². The maximum absolute atomic E-state index is 5.80. The predicted molar refractivity (Wildman–Crippen MR) is 86.2 cm³/mol. The molecule has 0 aliphatic heterocycles. The summed E-state index contributed by atoms with van der Waals surface area (Å²) >= 11 is 1.89. The number of hydrogen-bond donors (Lipinski definition) is 1. The van der Waals surface area contributed by atoms with E-state index in [0.717, 1.165) is 25.6 Å². The Kier molecular flexibility index (Phi) is 4.51. The third-order valence-electron chi connectivity index (χ3n) is 3.62. The molecule has 0 saturated heterocycles. The van der Waals surface area contributed by atoms with Crippen molar-refractivity contribution < 1.29 is 4.74 Å². The van der Waals surface area contributed by atoms with Gasteiger partial charge in [0.2, 0.25) is 0 Å². The van der Waals surface area contributed by atoms with E-state index < -0.39 is 0 Å². The van der Waals surface area contributed by atoms with Gasteiger partial charge in [-0.05, 0) is 30.7 Å². The standard InChI is InChI=1S/C17H21NOS/c1-2-3-10-19-12-15-14-6-4-5-7-16(14)20-17(15)11-18-13-8-9-13/h2,4-7,13,18H,1,3,8-12H2. The molecule has 3 heteroatoms. The number of ether oxygens (including phenoxy) is 1. The highest BCUT2D eigenvalue weighted by atomic mass is 32.1. The second-order valence-electron chi connectivity index (χ2n) is 5.29. The van der Waals surface area contributed by atoms with E-state index in [1.54, 1.807) is 0 Å². The predicted octanol–water partition coefficient (Wildman–Crippen LogP) is 4.25. The lowest BCUT2D eigenvalue weighted by Crippen LogP contribution is -2.15. The molecule has 0 spiro atoms. The summed E-state index contributed by atoms with van der Waals surface area (Å²) in [7, 11) is 0. The van der Waals surface area contributed by atoms with Crippen LogP contribution < -0.4 is 5.32 Å². The van der Waals surface area contributed by atoms with E-state index in [0.29, 0.717) is 6.61 Å². The molecule has 1 aromatic heterocycles. The number of thiophene rings is 1. The maximum atomic E-state index is 5.80. The number of benzene rings is 1. The van der Waals surface area contributed by atoms with Crippen molar-refractivity contribution in [1.82, 2.24) is 5.32 Å². The average Bonchev–Trinajstić information content (AvgIpc) is 3.23. The van der Waals surface area contributed by atoms with Gasteiger partial charge in [-0.25, -0.2) is 0 Å². The Morgan fingerprint density at radius 2 is 2.20 bits per heavy atom. The summed E-state index contributed by atoms with van der Waals surface area (Å²) in [6.45, 7) is 6.17. The summed E-state index contributed by atoms with van der Waals surface area (Å²) in [6.07, 6.45) is 5.48. The molecule has 2 aromatic rings. The molecule has 1 aromatic carbocycles. The highest BCUT2D eigenvalue weighted by Gasteiger charge is 2.21. The van der Waals surface area contributed by atoms with Crippen molar-refractivity contribution in [3.05, 3.63) is 47.4 Å². The van der Waals surface area contributed by atoms with Crippen LogP contribution in [0.15, 0.2) is 36.9 Å². The van der Waals surface area contributed by atoms with Crippen molar-refractivity contribution in [2.75, 3.05) is 6.61 Å². The second kappa shape index (κ2) is 6.53. The fourth-order valence-corrected chi connectivity index (χ4v) is 3.48. The molecule has 20 heavy (non-hydrogen) atoms. The number of hydrogen-bond acceptors (Lipinski definition) is 3. The molecule has 0 bridgehead atoms. The molecule has 1 aliphatic carbocycles. The van der Waals surface area contributed by atoms with E-state index in [4.69, 9.17) is 4.74 Å². The van der Waals surface area contributed by atoms with Crippen LogP contribution >= 0.6 is 11.3 Å². The smallest absolute Gasteiger partial charge is 0.0734 e. The van der Waals surface area contributed by atoms with Crippen LogP contribution in [0, 0.1) is 0 Å². The van der Waals surface area contributed by atoms with Gasteiger partial charge in [-0.2, -0.15) is 0 Å². The highest BCUT2D eigenvalue weighted by Crippen LogP contribution is 2.32. The molecule has 0 atom stereocenters. The summed E-state index contributed by atoms with van der Waals surface area (Å²) in [5.41, 5.74) is 1.36. The van der Waals surface area contributed by atoms with Crippen LogP contribution in [0.3, 0.4) is 0 Å². The third-order valence-corrected chi connectivity index (χ3v) is 4.84. The molecular formula is C17H21NOS. The summed E-state index contributed by atoms with van der Waals surface area (Å²) in [5.74, 6) is 0. The first-order valence-electron chi connectivity index (χ1n) is 7.30. The average molecular weight is 287 g/mol. The molecule has 1 saturated carbocycles. The Morgan fingerprint density at radius 3 is 3.00 bits per heavy atom. The van der Waals surface area contributed by atoms with Gasteiger partial charge in [-0.1, -0.05) is 24.3 Å². The first kappa shape index (κ1) is 13.8. The molecule has 1 fully saturated rings. The molecule has 1 heterocycles. The Bertz CT molecular complexity index is 586. The Labute approximate surface area is 124 Å². The Hall–Kier alpha value is -1.16. The quantitative estimate of drug-likeness (QED) is 0.579. The van der Waals surface area contributed by atoms with Crippen LogP contribution in [-0.4, -0.2) is 12.6 Å². The van der Waals surface area contributed by atoms with Gasteiger partial charge < -0.3 is 10.1 Å². The van der Waals surface area contributed by atoms with Crippen molar-refractivity contribution in [2.45, 2.75) is 38.5 Å². The van der Waals surface area contributed by atoms with Gasteiger partial charge in [0.05, 0.1) is 13.2 Å². The zero-order valence-corrected chi connectivity index (χ0v) is 12.5. The Morgan fingerprint density at radius 1 is 1.35 bits per heavy atom. The van der Waals surface area contributed by atoms with Crippen molar-refractivity contribution in [3.63, 3.8) is 0 Å². The van der Waals surface area contributed by atoms with E-state index in [1.807, 2.05) is 17.4 Å². The van der Waals surface area contributed by atoms with Crippen molar-refractivity contribution in [1.29, 1.82) is 0 Å². The normalized spacial score (nSPS) is 14.8. The van der Waals surface area contributed by atoms with Crippen LogP contribution in [-0.2, 0) is 17.9 Å². The minimum absolute atomic E-state index is 0.708. The van der Waals surface area contributed by atoms with Gasteiger partial charge in [0.1, 0.15) is 0 Å². The molecule has 3 rings (SSSR count). The molecule has 0 amide bonds. The van der Waals surface area contributed by atoms with Crippen LogP contribution in [0.4, 0.5) is 0 Å². The van der Waals surface area contributed by atoms with Gasteiger partial charge in [-0.15, -0.1) is 17.9 Å².